The Bertz CT molecular complexity index is 662. The minimum absolute atomic E-state index is 0.0541. The van der Waals surface area contributed by atoms with E-state index >= 15 is 0 Å². The van der Waals surface area contributed by atoms with E-state index < -0.39 is 17.5 Å². The summed E-state index contributed by atoms with van der Waals surface area (Å²) in [6.45, 7) is -0.145. The minimum Gasteiger partial charge on any atom is -0.398 e. The zero-order valence-electron chi connectivity index (χ0n) is 10.3. The van der Waals surface area contributed by atoms with Crippen LogP contribution in [0, 0.1) is 11.6 Å². The summed E-state index contributed by atoms with van der Waals surface area (Å²) in [7, 11) is 0. The SMILES string of the molecule is Nc1cccc(C(=O)NCc2cc(F)ccc2F)c1Cl. The van der Waals surface area contributed by atoms with Crippen LogP contribution in [0.25, 0.3) is 0 Å². The van der Waals surface area contributed by atoms with Crippen LogP contribution in [0.15, 0.2) is 36.4 Å². The highest BCUT2D eigenvalue weighted by atomic mass is 35.5. The Labute approximate surface area is 119 Å². The topological polar surface area (TPSA) is 55.1 Å². The summed E-state index contributed by atoms with van der Waals surface area (Å²) < 4.78 is 26.4. The van der Waals surface area contributed by atoms with Crippen molar-refractivity contribution in [2.24, 2.45) is 0 Å². The summed E-state index contributed by atoms with van der Waals surface area (Å²) in [5.41, 5.74) is 6.10. The van der Waals surface area contributed by atoms with Crippen molar-refractivity contribution >= 4 is 23.2 Å². The fourth-order valence-corrected chi connectivity index (χ4v) is 1.89. The average molecular weight is 297 g/mol. The highest BCUT2D eigenvalue weighted by Crippen LogP contribution is 2.23. The number of benzene rings is 2. The molecule has 2 aromatic rings. The van der Waals surface area contributed by atoms with Gasteiger partial charge in [-0.1, -0.05) is 17.7 Å². The third kappa shape index (κ3) is 3.05. The van der Waals surface area contributed by atoms with Gasteiger partial charge in [0.05, 0.1) is 16.3 Å². The molecule has 20 heavy (non-hydrogen) atoms. The predicted octanol–water partition coefficient (Wildman–Crippen LogP) is 3.13. The third-order valence-electron chi connectivity index (χ3n) is 2.72. The van der Waals surface area contributed by atoms with E-state index in [1.165, 1.54) is 6.07 Å². The molecule has 0 unspecified atom stereocenters. The first-order valence-electron chi connectivity index (χ1n) is 5.75. The lowest BCUT2D eigenvalue weighted by Gasteiger charge is -2.09. The van der Waals surface area contributed by atoms with Crippen molar-refractivity contribution in [1.82, 2.24) is 5.32 Å². The number of amides is 1. The van der Waals surface area contributed by atoms with Gasteiger partial charge in [0.25, 0.3) is 5.91 Å². The lowest BCUT2D eigenvalue weighted by atomic mass is 10.1. The standard InChI is InChI=1S/C14H11ClF2N2O/c15-13-10(2-1-3-12(13)18)14(20)19-7-8-6-9(16)4-5-11(8)17/h1-6H,7,18H2,(H,19,20). The summed E-state index contributed by atoms with van der Waals surface area (Å²) in [5.74, 6) is -1.67. The Balaban J connectivity index is 2.13. The maximum Gasteiger partial charge on any atom is 0.253 e. The number of nitrogens with two attached hydrogens (primary N) is 1. The van der Waals surface area contributed by atoms with Crippen LogP contribution in [0.3, 0.4) is 0 Å². The van der Waals surface area contributed by atoms with E-state index in [1.807, 2.05) is 0 Å². The van der Waals surface area contributed by atoms with E-state index in [1.54, 1.807) is 12.1 Å². The van der Waals surface area contributed by atoms with Gasteiger partial charge in [0.1, 0.15) is 11.6 Å². The van der Waals surface area contributed by atoms with Crippen molar-refractivity contribution in [3.05, 3.63) is 64.2 Å². The Hall–Kier alpha value is -2.14. The van der Waals surface area contributed by atoms with Gasteiger partial charge in [0, 0.05) is 12.1 Å². The van der Waals surface area contributed by atoms with E-state index in [9.17, 15) is 13.6 Å². The van der Waals surface area contributed by atoms with Crippen LogP contribution in [-0.2, 0) is 6.54 Å². The first-order valence-corrected chi connectivity index (χ1v) is 6.13. The summed E-state index contributed by atoms with van der Waals surface area (Å²) in [4.78, 5) is 11.9. The zero-order chi connectivity index (χ0) is 14.7. The minimum atomic E-state index is -0.592. The lowest BCUT2D eigenvalue weighted by Crippen LogP contribution is -2.24. The fraction of sp³-hybridized carbons (Fsp3) is 0.0714. The molecule has 0 saturated carbocycles. The molecular formula is C14H11ClF2N2O. The summed E-state index contributed by atoms with van der Waals surface area (Å²) in [5, 5.41) is 2.60. The van der Waals surface area contributed by atoms with E-state index in [0.717, 1.165) is 18.2 Å². The molecule has 3 N–H and O–H groups in total. The molecule has 0 saturated heterocycles. The monoisotopic (exact) mass is 296 g/mol. The number of anilines is 1. The lowest BCUT2D eigenvalue weighted by molar-refractivity contribution is 0.0950. The number of nitrogens with one attached hydrogen (secondary N) is 1. The fourth-order valence-electron chi connectivity index (χ4n) is 1.67. The molecule has 2 rings (SSSR count). The molecule has 0 heterocycles. The molecule has 104 valence electrons. The number of nitrogen functional groups attached to an aromatic ring is 1. The van der Waals surface area contributed by atoms with Crippen molar-refractivity contribution in [3.63, 3.8) is 0 Å². The maximum absolute atomic E-state index is 13.4. The van der Waals surface area contributed by atoms with Crippen molar-refractivity contribution in [1.29, 1.82) is 0 Å². The maximum atomic E-state index is 13.4. The van der Waals surface area contributed by atoms with Crippen LogP contribution in [0.1, 0.15) is 15.9 Å². The van der Waals surface area contributed by atoms with E-state index in [-0.39, 0.29) is 28.4 Å². The van der Waals surface area contributed by atoms with Gasteiger partial charge in [-0.05, 0) is 30.3 Å². The van der Waals surface area contributed by atoms with Crippen LogP contribution in [0.2, 0.25) is 5.02 Å². The number of rotatable bonds is 3. The largest absolute Gasteiger partial charge is 0.398 e. The molecule has 0 spiro atoms. The van der Waals surface area contributed by atoms with Crippen LogP contribution < -0.4 is 11.1 Å². The average Bonchev–Trinajstić information content (AvgIpc) is 2.42. The van der Waals surface area contributed by atoms with Crippen molar-refractivity contribution in [3.8, 4) is 0 Å². The van der Waals surface area contributed by atoms with Crippen molar-refractivity contribution in [2.75, 3.05) is 5.73 Å². The van der Waals surface area contributed by atoms with Gasteiger partial charge in [-0.3, -0.25) is 4.79 Å². The van der Waals surface area contributed by atoms with Gasteiger partial charge in [-0.15, -0.1) is 0 Å². The van der Waals surface area contributed by atoms with Gasteiger partial charge >= 0.3 is 0 Å². The normalized spacial score (nSPS) is 10.3. The molecule has 0 aromatic heterocycles. The molecular weight excluding hydrogens is 286 g/mol. The number of hydrogen-bond donors (Lipinski definition) is 2. The van der Waals surface area contributed by atoms with Crippen molar-refractivity contribution < 1.29 is 13.6 Å². The van der Waals surface area contributed by atoms with Crippen LogP contribution in [0.4, 0.5) is 14.5 Å². The summed E-state index contributed by atoms with van der Waals surface area (Å²) in [6, 6.07) is 7.68. The van der Waals surface area contributed by atoms with Gasteiger partial charge in [0.2, 0.25) is 0 Å². The summed E-state index contributed by atoms with van der Waals surface area (Å²) in [6.07, 6.45) is 0. The van der Waals surface area contributed by atoms with E-state index in [4.69, 9.17) is 17.3 Å². The predicted molar refractivity (Wildman–Crippen MR) is 73.4 cm³/mol. The van der Waals surface area contributed by atoms with E-state index in [0.29, 0.717) is 0 Å². The van der Waals surface area contributed by atoms with Crippen LogP contribution in [0.5, 0.6) is 0 Å². The molecule has 0 aliphatic rings. The second-order valence-electron chi connectivity index (χ2n) is 4.13. The summed E-state index contributed by atoms with van der Waals surface area (Å²) >= 11 is 5.91. The molecule has 0 bridgehead atoms. The second-order valence-corrected chi connectivity index (χ2v) is 4.51. The van der Waals surface area contributed by atoms with Gasteiger partial charge in [-0.25, -0.2) is 8.78 Å². The molecule has 1 amide bonds. The molecule has 6 heteroatoms. The second kappa shape index (κ2) is 5.88. The third-order valence-corrected chi connectivity index (χ3v) is 3.14. The molecule has 0 atom stereocenters. The van der Waals surface area contributed by atoms with Gasteiger partial charge in [-0.2, -0.15) is 0 Å². The Morgan fingerprint density at radius 1 is 1.25 bits per heavy atom. The van der Waals surface area contributed by atoms with Crippen LogP contribution in [-0.4, -0.2) is 5.91 Å². The molecule has 0 fully saturated rings. The highest BCUT2D eigenvalue weighted by Gasteiger charge is 2.13. The first-order chi connectivity index (χ1) is 9.49. The highest BCUT2D eigenvalue weighted by molar-refractivity contribution is 6.36. The first kappa shape index (κ1) is 14.3. The Morgan fingerprint density at radius 3 is 2.75 bits per heavy atom. The van der Waals surface area contributed by atoms with Gasteiger partial charge < -0.3 is 11.1 Å². The zero-order valence-corrected chi connectivity index (χ0v) is 11.0. The smallest absolute Gasteiger partial charge is 0.253 e. The number of carbonyl (C=O) groups is 1. The Kier molecular flexibility index (Phi) is 4.20. The molecule has 0 aliphatic carbocycles. The molecule has 0 aliphatic heterocycles. The van der Waals surface area contributed by atoms with Crippen molar-refractivity contribution in [2.45, 2.75) is 6.54 Å². The Morgan fingerprint density at radius 2 is 2.00 bits per heavy atom. The quantitative estimate of drug-likeness (QED) is 0.855. The molecule has 3 nitrogen and oxygen atoms in total. The number of halogens is 3. The number of carbonyl (C=O) groups excluding carboxylic acids is 1. The van der Waals surface area contributed by atoms with Gasteiger partial charge in [0.15, 0.2) is 0 Å². The van der Waals surface area contributed by atoms with Crippen LogP contribution >= 0.6 is 11.6 Å². The number of hydrogen-bond acceptors (Lipinski definition) is 2. The molecule has 2 aromatic carbocycles. The van der Waals surface area contributed by atoms with E-state index in [2.05, 4.69) is 5.32 Å². The molecule has 0 radical (unpaired) electrons.